The van der Waals surface area contributed by atoms with E-state index in [1.807, 2.05) is 42.3 Å². The molecule has 0 atom stereocenters. The number of carbonyl (C=O) groups excluding carboxylic acids is 2. The quantitative estimate of drug-likeness (QED) is 0.783. The molecule has 1 heterocycles. The van der Waals surface area contributed by atoms with Gasteiger partial charge in [-0.25, -0.2) is 0 Å². The van der Waals surface area contributed by atoms with Crippen molar-refractivity contribution in [3.63, 3.8) is 0 Å². The molecule has 27 heavy (non-hydrogen) atoms. The first-order valence-electron chi connectivity index (χ1n) is 8.75. The molecule has 7 heteroatoms. The maximum absolute atomic E-state index is 12.3. The Kier molecular flexibility index (Phi) is 6.37. The van der Waals surface area contributed by atoms with Gasteiger partial charge in [-0.2, -0.15) is 0 Å². The molecule has 1 aliphatic heterocycles. The smallest absolute Gasteiger partial charge is 0.238 e. The summed E-state index contributed by atoms with van der Waals surface area (Å²) in [5.74, 6) is 0.0295. The monoisotopic (exact) mass is 405 g/mol. The van der Waals surface area contributed by atoms with E-state index in [1.54, 1.807) is 17.0 Å². The van der Waals surface area contributed by atoms with Crippen LogP contribution in [0, 0.1) is 0 Å². The SMILES string of the molecule is CN(CC(=O)Nc1ccc(N2CCCC2=O)cc1)Cc1ccc(Cl)cc1Cl. The minimum atomic E-state index is -0.118. The van der Waals surface area contributed by atoms with Crippen molar-refractivity contribution in [2.75, 3.05) is 30.4 Å². The lowest BCUT2D eigenvalue weighted by atomic mass is 10.2. The summed E-state index contributed by atoms with van der Waals surface area (Å²) >= 11 is 12.1. The fourth-order valence-electron chi connectivity index (χ4n) is 3.09. The van der Waals surface area contributed by atoms with E-state index in [2.05, 4.69) is 5.32 Å². The zero-order chi connectivity index (χ0) is 19.4. The van der Waals surface area contributed by atoms with Crippen LogP contribution in [0.2, 0.25) is 10.0 Å². The number of hydrogen-bond acceptors (Lipinski definition) is 3. The Balaban J connectivity index is 1.53. The summed E-state index contributed by atoms with van der Waals surface area (Å²) < 4.78 is 0. The van der Waals surface area contributed by atoms with Crippen LogP contribution in [0.1, 0.15) is 18.4 Å². The first-order valence-corrected chi connectivity index (χ1v) is 9.51. The number of nitrogens with one attached hydrogen (secondary N) is 1. The highest BCUT2D eigenvalue weighted by molar-refractivity contribution is 6.35. The molecule has 0 aliphatic carbocycles. The number of likely N-dealkylation sites (N-methyl/N-ethyl adjacent to an activating group) is 1. The Morgan fingerprint density at radius 3 is 2.56 bits per heavy atom. The lowest BCUT2D eigenvalue weighted by Gasteiger charge is -2.18. The van der Waals surface area contributed by atoms with Crippen LogP contribution in [0.3, 0.4) is 0 Å². The van der Waals surface area contributed by atoms with Gasteiger partial charge in [0.15, 0.2) is 0 Å². The number of halogens is 2. The van der Waals surface area contributed by atoms with E-state index in [4.69, 9.17) is 23.2 Å². The first-order chi connectivity index (χ1) is 12.9. The number of anilines is 2. The standard InChI is InChI=1S/C20H21Cl2N3O2/c1-24(12-14-4-5-15(21)11-18(14)22)13-19(26)23-16-6-8-17(9-7-16)25-10-2-3-20(25)27/h4-9,11H,2-3,10,12-13H2,1H3,(H,23,26). The molecule has 0 bridgehead atoms. The van der Waals surface area contributed by atoms with Gasteiger partial charge in [-0.1, -0.05) is 29.3 Å². The third kappa shape index (κ3) is 5.22. The normalized spacial score (nSPS) is 14.1. The maximum Gasteiger partial charge on any atom is 0.238 e. The average molecular weight is 406 g/mol. The summed E-state index contributed by atoms with van der Waals surface area (Å²) in [6.45, 7) is 1.52. The molecule has 2 aromatic rings. The number of carbonyl (C=O) groups is 2. The van der Waals surface area contributed by atoms with E-state index in [1.165, 1.54) is 0 Å². The van der Waals surface area contributed by atoms with Crippen LogP contribution in [0.15, 0.2) is 42.5 Å². The van der Waals surface area contributed by atoms with Crippen molar-refractivity contribution in [3.8, 4) is 0 Å². The summed E-state index contributed by atoms with van der Waals surface area (Å²) in [6.07, 6.45) is 1.49. The first kappa shape index (κ1) is 19.7. The molecule has 0 saturated carbocycles. The van der Waals surface area contributed by atoms with Crippen LogP contribution in [0.5, 0.6) is 0 Å². The molecule has 1 N–H and O–H groups in total. The topological polar surface area (TPSA) is 52.7 Å². The fourth-order valence-corrected chi connectivity index (χ4v) is 3.56. The second-order valence-corrected chi connectivity index (χ2v) is 7.50. The van der Waals surface area contributed by atoms with E-state index in [9.17, 15) is 9.59 Å². The highest BCUT2D eigenvalue weighted by Gasteiger charge is 2.21. The molecule has 2 amide bonds. The van der Waals surface area contributed by atoms with Crippen molar-refractivity contribution < 1.29 is 9.59 Å². The van der Waals surface area contributed by atoms with Gasteiger partial charge in [0, 0.05) is 40.9 Å². The molecule has 3 rings (SSSR count). The van der Waals surface area contributed by atoms with Gasteiger partial charge in [0.25, 0.3) is 0 Å². The van der Waals surface area contributed by atoms with Crippen molar-refractivity contribution >= 4 is 46.4 Å². The summed E-state index contributed by atoms with van der Waals surface area (Å²) in [5.41, 5.74) is 2.48. The van der Waals surface area contributed by atoms with Crippen molar-refractivity contribution in [2.45, 2.75) is 19.4 Å². The number of amides is 2. The second-order valence-electron chi connectivity index (χ2n) is 6.65. The van der Waals surface area contributed by atoms with Crippen molar-refractivity contribution in [1.82, 2.24) is 4.90 Å². The van der Waals surface area contributed by atoms with Crippen LogP contribution >= 0.6 is 23.2 Å². The molecule has 142 valence electrons. The largest absolute Gasteiger partial charge is 0.325 e. The van der Waals surface area contributed by atoms with E-state index >= 15 is 0 Å². The summed E-state index contributed by atoms with van der Waals surface area (Å²) in [5, 5.41) is 4.04. The Labute approximate surface area is 168 Å². The fraction of sp³-hybridized carbons (Fsp3) is 0.300. The maximum atomic E-state index is 12.3. The lowest BCUT2D eigenvalue weighted by Crippen LogP contribution is -2.30. The van der Waals surface area contributed by atoms with Crippen molar-refractivity contribution in [3.05, 3.63) is 58.1 Å². The highest BCUT2D eigenvalue weighted by atomic mass is 35.5. The Bertz CT molecular complexity index is 840. The van der Waals surface area contributed by atoms with Gasteiger partial charge in [0.1, 0.15) is 0 Å². The molecule has 2 aromatic carbocycles. The van der Waals surface area contributed by atoms with Gasteiger partial charge in [0.2, 0.25) is 11.8 Å². The lowest BCUT2D eigenvalue weighted by molar-refractivity contribution is -0.117. The van der Waals surface area contributed by atoms with Crippen LogP contribution < -0.4 is 10.2 Å². The summed E-state index contributed by atoms with van der Waals surface area (Å²) in [6, 6.07) is 12.7. The molecule has 0 aromatic heterocycles. The molecule has 5 nitrogen and oxygen atoms in total. The molecule has 0 unspecified atom stereocenters. The Hall–Kier alpha value is -2.08. The minimum Gasteiger partial charge on any atom is -0.325 e. The predicted octanol–water partition coefficient (Wildman–Crippen LogP) is 4.19. The third-order valence-electron chi connectivity index (χ3n) is 4.41. The number of rotatable bonds is 6. The molecule has 0 spiro atoms. The Morgan fingerprint density at radius 2 is 1.93 bits per heavy atom. The number of nitrogens with zero attached hydrogens (tertiary/aromatic N) is 2. The summed E-state index contributed by atoms with van der Waals surface area (Å²) in [7, 11) is 1.85. The van der Waals surface area contributed by atoms with Crippen LogP contribution in [0.4, 0.5) is 11.4 Å². The zero-order valence-electron chi connectivity index (χ0n) is 15.0. The van der Waals surface area contributed by atoms with Gasteiger partial charge in [0.05, 0.1) is 6.54 Å². The Morgan fingerprint density at radius 1 is 1.19 bits per heavy atom. The second kappa shape index (κ2) is 8.74. The summed E-state index contributed by atoms with van der Waals surface area (Å²) in [4.78, 5) is 27.7. The van der Waals surface area contributed by atoms with Crippen LogP contribution in [-0.4, -0.2) is 36.9 Å². The van der Waals surface area contributed by atoms with E-state index in [0.717, 1.165) is 24.2 Å². The molecular formula is C20H21Cl2N3O2. The van der Waals surface area contributed by atoms with Crippen molar-refractivity contribution in [1.29, 1.82) is 0 Å². The van der Waals surface area contributed by atoms with Crippen molar-refractivity contribution in [2.24, 2.45) is 0 Å². The van der Waals surface area contributed by atoms with Gasteiger partial charge in [-0.15, -0.1) is 0 Å². The third-order valence-corrected chi connectivity index (χ3v) is 4.99. The van der Waals surface area contributed by atoms with Gasteiger partial charge >= 0.3 is 0 Å². The molecule has 0 radical (unpaired) electrons. The van der Waals surface area contributed by atoms with E-state index < -0.39 is 0 Å². The molecule has 1 saturated heterocycles. The van der Waals surface area contributed by atoms with Crippen LogP contribution in [-0.2, 0) is 16.1 Å². The van der Waals surface area contributed by atoms with Gasteiger partial charge in [-0.05, 0) is 55.4 Å². The number of hydrogen-bond donors (Lipinski definition) is 1. The van der Waals surface area contributed by atoms with Crippen LogP contribution in [0.25, 0.3) is 0 Å². The van der Waals surface area contributed by atoms with Gasteiger partial charge < -0.3 is 10.2 Å². The minimum absolute atomic E-state index is 0.118. The predicted molar refractivity (Wildman–Crippen MR) is 109 cm³/mol. The van der Waals surface area contributed by atoms with E-state index in [-0.39, 0.29) is 18.4 Å². The van der Waals surface area contributed by atoms with E-state index in [0.29, 0.717) is 28.7 Å². The molecule has 1 fully saturated rings. The molecule has 1 aliphatic rings. The zero-order valence-corrected chi connectivity index (χ0v) is 16.6. The molecular weight excluding hydrogens is 385 g/mol. The van der Waals surface area contributed by atoms with Gasteiger partial charge in [-0.3, -0.25) is 14.5 Å². The number of benzene rings is 2. The highest BCUT2D eigenvalue weighted by Crippen LogP contribution is 2.24. The average Bonchev–Trinajstić information content (AvgIpc) is 3.04.